The summed E-state index contributed by atoms with van der Waals surface area (Å²) >= 11 is 0. The van der Waals surface area contributed by atoms with E-state index < -0.39 is 6.10 Å². The van der Waals surface area contributed by atoms with Gasteiger partial charge in [-0.1, -0.05) is 30.3 Å². The van der Waals surface area contributed by atoms with Crippen molar-refractivity contribution in [3.63, 3.8) is 0 Å². The number of hydrogen-bond acceptors (Lipinski definition) is 2. The summed E-state index contributed by atoms with van der Waals surface area (Å²) in [6, 6.07) is 9.61. The van der Waals surface area contributed by atoms with Crippen LogP contribution in [0.4, 0.5) is 0 Å². The van der Waals surface area contributed by atoms with Gasteiger partial charge in [0.25, 0.3) is 0 Å². The van der Waals surface area contributed by atoms with E-state index in [0.29, 0.717) is 6.61 Å². The fraction of sp³-hybridized carbons (Fsp3) is 0.400. The summed E-state index contributed by atoms with van der Waals surface area (Å²) in [4.78, 5) is 0. The van der Waals surface area contributed by atoms with Crippen molar-refractivity contribution in [2.75, 3.05) is 6.61 Å². The van der Waals surface area contributed by atoms with Crippen LogP contribution in [0.15, 0.2) is 30.3 Å². The lowest BCUT2D eigenvalue weighted by atomic mass is 9.98. The topological polar surface area (TPSA) is 32.8 Å². The second-order valence-corrected chi connectivity index (χ2v) is 3.41. The fourth-order valence-corrected chi connectivity index (χ4v) is 1.26. The van der Waals surface area contributed by atoms with Crippen molar-refractivity contribution >= 4 is 0 Å². The molecule has 0 aromatic heterocycles. The van der Waals surface area contributed by atoms with Crippen LogP contribution in [0.25, 0.3) is 0 Å². The minimum atomic E-state index is -0.487. The molecule has 2 rings (SSSR count). The first-order valence-electron chi connectivity index (χ1n) is 4.09. The van der Waals surface area contributed by atoms with Gasteiger partial charge in [0.15, 0.2) is 0 Å². The molecule has 1 N–H and O–H groups in total. The highest BCUT2D eigenvalue weighted by atomic mass is 16.6. The van der Waals surface area contributed by atoms with E-state index in [-0.39, 0.29) is 5.60 Å². The normalized spacial score (nSPS) is 29.8. The zero-order valence-corrected chi connectivity index (χ0v) is 7.03. The smallest absolute Gasteiger partial charge is 0.119 e. The first-order chi connectivity index (χ1) is 5.72. The number of epoxide rings is 1. The fourth-order valence-electron chi connectivity index (χ4n) is 1.26. The molecule has 0 unspecified atom stereocenters. The molecule has 64 valence electrons. The number of hydrogen-bond donors (Lipinski definition) is 1. The van der Waals surface area contributed by atoms with E-state index in [4.69, 9.17) is 4.74 Å². The van der Waals surface area contributed by atoms with Gasteiger partial charge in [0.1, 0.15) is 11.7 Å². The highest BCUT2D eigenvalue weighted by Gasteiger charge is 2.46. The third kappa shape index (κ3) is 1.24. The quantitative estimate of drug-likeness (QED) is 0.672. The van der Waals surface area contributed by atoms with Gasteiger partial charge in [-0.25, -0.2) is 0 Å². The number of aliphatic hydroxyl groups is 1. The minimum Gasteiger partial charge on any atom is -0.385 e. The maximum absolute atomic E-state index is 9.79. The van der Waals surface area contributed by atoms with E-state index in [1.807, 2.05) is 37.3 Å². The Morgan fingerprint density at radius 1 is 1.42 bits per heavy atom. The summed E-state index contributed by atoms with van der Waals surface area (Å²) in [5.41, 5.74) is 0.596. The van der Waals surface area contributed by atoms with Crippen LogP contribution in [0, 0.1) is 0 Å². The Hall–Kier alpha value is -0.860. The van der Waals surface area contributed by atoms with Gasteiger partial charge in [-0.15, -0.1) is 0 Å². The molecule has 1 aliphatic heterocycles. The summed E-state index contributed by atoms with van der Waals surface area (Å²) in [5, 5.41) is 9.79. The van der Waals surface area contributed by atoms with E-state index in [1.165, 1.54) is 0 Å². The van der Waals surface area contributed by atoms with E-state index in [9.17, 15) is 5.11 Å². The molecule has 2 heteroatoms. The van der Waals surface area contributed by atoms with Gasteiger partial charge in [-0.2, -0.15) is 0 Å². The van der Waals surface area contributed by atoms with Gasteiger partial charge in [0.2, 0.25) is 0 Å². The van der Waals surface area contributed by atoms with Crippen molar-refractivity contribution in [2.24, 2.45) is 0 Å². The number of aliphatic hydroxyl groups excluding tert-OH is 1. The standard InChI is InChI=1S/C10H12O2/c1-10(7-12-10)9(11)8-5-3-2-4-6-8/h2-6,9,11H,7H2,1H3/t9-,10-/m1/s1. The number of ether oxygens (including phenoxy) is 1. The van der Waals surface area contributed by atoms with Crippen LogP contribution < -0.4 is 0 Å². The van der Waals surface area contributed by atoms with Crippen molar-refractivity contribution in [1.82, 2.24) is 0 Å². The van der Waals surface area contributed by atoms with Gasteiger partial charge in [-0.3, -0.25) is 0 Å². The van der Waals surface area contributed by atoms with Crippen LogP contribution in [0.3, 0.4) is 0 Å². The Balaban J connectivity index is 2.20. The monoisotopic (exact) mass is 164 g/mol. The average Bonchev–Trinajstić information content (AvgIpc) is 2.85. The molecule has 12 heavy (non-hydrogen) atoms. The lowest BCUT2D eigenvalue weighted by molar-refractivity contribution is 0.0849. The third-order valence-corrected chi connectivity index (χ3v) is 2.29. The first kappa shape index (κ1) is 7.77. The molecule has 0 saturated carbocycles. The third-order valence-electron chi connectivity index (χ3n) is 2.29. The predicted octanol–water partition coefficient (Wildman–Crippen LogP) is 1.51. The van der Waals surface area contributed by atoms with Crippen LogP contribution in [-0.2, 0) is 4.74 Å². The summed E-state index contributed by atoms with van der Waals surface area (Å²) in [5.74, 6) is 0. The highest BCUT2D eigenvalue weighted by molar-refractivity contribution is 5.21. The molecule has 1 heterocycles. The van der Waals surface area contributed by atoms with Gasteiger partial charge in [-0.05, 0) is 12.5 Å². The summed E-state index contributed by atoms with van der Waals surface area (Å²) in [6.45, 7) is 2.58. The number of benzene rings is 1. The predicted molar refractivity (Wildman–Crippen MR) is 45.8 cm³/mol. The molecule has 0 amide bonds. The number of rotatable bonds is 2. The Labute approximate surface area is 71.8 Å². The Bertz CT molecular complexity index is 264. The summed E-state index contributed by atoms with van der Waals surface area (Å²) < 4.78 is 5.16. The lowest BCUT2D eigenvalue weighted by Gasteiger charge is -2.14. The molecule has 0 radical (unpaired) electrons. The molecular weight excluding hydrogens is 152 g/mol. The minimum absolute atomic E-state index is 0.332. The molecule has 1 saturated heterocycles. The summed E-state index contributed by atoms with van der Waals surface area (Å²) in [6.07, 6.45) is -0.487. The Morgan fingerprint density at radius 2 is 2.00 bits per heavy atom. The zero-order chi connectivity index (χ0) is 8.60. The molecule has 0 spiro atoms. The van der Waals surface area contributed by atoms with Gasteiger partial charge in [0, 0.05) is 0 Å². The SMILES string of the molecule is C[C@]1([C@H](O)c2ccccc2)CO1. The van der Waals surface area contributed by atoms with Crippen molar-refractivity contribution in [3.05, 3.63) is 35.9 Å². The van der Waals surface area contributed by atoms with Gasteiger partial charge >= 0.3 is 0 Å². The van der Waals surface area contributed by atoms with Crippen LogP contribution >= 0.6 is 0 Å². The molecule has 1 aromatic carbocycles. The van der Waals surface area contributed by atoms with Gasteiger partial charge in [0.05, 0.1) is 6.61 Å². The van der Waals surface area contributed by atoms with Crippen LogP contribution in [-0.4, -0.2) is 17.3 Å². The van der Waals surface area contributed by atoms with E-state index in [2.05, 4.69) is 0 Å². The highest BCUT2D eigenvalue weighted by Crippen LogP contribution is 2.39. The molecule has 0 aliphatic carbocycles. The van der Waals surface area contributed by atoms with E-state index >= 15 is 0 Å². The van der Waals surface area contributed by atoms with Crippen molar-refractivity contribution in [3.8, 4) is 0 Å². The van der Waals surface area contributed by atoms with Crippen LogP contribution in [0.1, 0.15) is 18.6 Å². The van der Waals surface area contributed by atoms with E-state index in [1.54, 1.807) is 0 Å². The van der Waals surface area contributed by atoms with Crippen molar-refractivity contribution in [1.29, 1.82) is 0 Å². The molecular formula is C10H12O2. The molecule has 1 fully saturated rings. The molecule has 1 aromatic rings. The van der Waals surface area contributed by atoms with E-state index in [0.717, 1.165) is 5.56 Å². The second-order valence-electron chi connectivity index (χ2n) is 3.41. The zero-order valence-electron chi connectivity index (χ0n) is 7.03. The second kappa shape index (κ2) is 2.57. The van der Waals surface area contributed by atoms with Crippen molar-refractivity contribution in [2.45, 2.75) is 18.6 Å². The largest absolute Gasteiger partial charge is 0.385 e. The molecule has 2 atom stereocenters. The van der Waals surface area contributed by atoms with Gasteiger partial charge < -0.3 is 9.84 Å². The Morgan fingerprint density at radius 3 is 2.50 bits per heavy atom. The van der Waals surface area contributed by atoms with Crippen molar-refractivity contribution < 1.29 is 9.84 Å². The molecule has 2 nitrogen and oxygen atoms in total. The first-order valence-corrected chi connectivity index (χ1v) is 4.09. The maximum Gasteiger partial charge on any atom is 0.119 e. The average molecular weight is 164 g/mol. The molecule has 0 bridgehead atoms. The van der Waals surface area contributed by atoms with Crippen LogP contribution in [0.5, 0.6) is 0 Å². The Kier molecular flexibility index (Phi) is 1.67. The maximum atomic E-state index is 9.79. The lowest BCUT2D eigenvalue weighted by Crippen LogP contribution is -2.17. The molecule has 1 aliphatic rings. The summed E-state index contributed by atoms with van der Waals surface area (Å²) in [7, 11) is 0. The van der Waals surface area contributed by atoms with Crippen LogP contribution in [0.2, 0.25) is 0 Å².